The van der Waals surface area contributed by atoms with Crippen LogP contribution in [0.5, 0.6) is 0 Å². The maximum absolute atomic E-state index is 3.87. The van der Waals surface area contributed by atoms with Crippen molar-refractivity contribution in [2.24, 2.45) is 5.92 Å². The molecule has 11 heavy (non-hydrogen) atoms. The van der Waals surface area contributed by atoms with Gasteiger partial charge in [0.05, 0.1) is 0 Å². The molecule has 1 atom stereocenters. The van der Waals surface area contributed by atoms with Crippen LogP contribution >= 0.6 is 0 Å². The predicted molar refractivity (Wildman–Crippen MR) is 54.8 cm³/mol. The fraction of sp³-hybridized carbons (Fsp3) is 0.636. The molecule has 0 spiro atoms. The summed E-state index contributed by atoms with van der Waals surface area (Å²) >= 11 is 0. The van der Waals surface area contributed by atoms with Crippen molar-refractivity contribution in [1.29, 1.82) is 0 Å². The normalized spacial score (nSPS) is 12.1. The summed E-state index contributed by atoms with van der Waals surface area (Å²) in [6.45, 7) is 14.2. The lowest BCUT2D eigenvalue weighted by Gasteiger charge is -2.05. The first-order chi connectivity index (χ1) is 5.18. The molecule has 0 heterocycles. The Balaban J connectivity index is 0. The van der Waals surface area contributed by atoms with Crippen molar-refractivity contribution in [2.45, 2.75) is 41.0 Å². The highest BCUT2D eigenvalue weighted by atomic mass is 14.0. The summed E-state index contributed by atoms with van der Waals surface area (Å²) < 4.78 is 0. The average Bonchev–Trinajstić information content (AvgIpc) is 2.03. The van der Waals surface area contributed by atoms with E-state index in [1.54, 1.807) is 0 Å². The van der Waals surface area contributed by atoms with E-state index in [1.165, 1.54) is 5.57 Å². The second kappa shape index (κ2) is 9.48. The third-order valence-electron chi connectivity index (χ3n) is 1.57. The van der Waals surface area contributed by atoms with E-state index in [9.17, 15) is 0 Å². The van der Waals surface area contributed by atoms with Gasteiger partial charge in [-0.1, -0.05) is 45.1 Å². The summed E-state index contributed by atoms with van der Waals surface area (Å²) in [5.41, 5.74) is 1.27. The fourth-order valence-corrected chi connectivity index (χ4v) is 0.541. The molecule has 0 aromatic heterocycles. The van der Waals surface area contributed by atoms with E-state index in [2.05, 4.69) is 32.6 Å². The summed E-state index contributed by atoms with van der Waals surface area (Å²) in [5.74, 6) is 0.640. The van der Waals surface area contributed by atoms with E-state index in [0.29, 0.717) is 5.92 Å². The molecular weight excluding hydrogens is 132 g/mol. The van der Waals surface area contributed by atoms with Crippen molar-refractivity contribution < 1.29 is 0 Å². The van der Waals surface area contributed by atoms with Crippen LogP contribution in [0.1, 0.15) is 41.0 Å². The van der Waals surface area contributed by atoms with Crippen LogP contribution in [0.2, 0.25) is 0 Å². The van der Waals surface area contributed by atoms with Gasteiger partial charge in [0.1, 0.15) is 0 Å². The Morgan fingerprint density at radius 3 is 2.18 bits per heavy atom. The highest BCUT2D eigenvalue weighted by Gasteiger charge is 1.96. The van der Waals surface area contributed by atoms with Crippen molar-refractivity contribution in [3.63, 3.8) is 0 Å². The Kier molecular flexibility index (Phi) is 11.3. The van der Waals surface area contributed by atoms with E-state index in [0.717, 1.165) is 6.42 Å². The Bertz CT molecular complexity index is 109. The third kappa shape index (κ3) is 9.48. The molecule has 0 saturated heterocycles. The summed E-state index contributed by atoms with van der Waals surface area (Å²) in [7, 11) is 0. The predicted octanol–water partition coefficient (Wildman–Crippen LogP) is 4.19. The Morgan fingerprint density at radius 1 is 1.45 bits per heavy atom. The molecule has 1 unspecified atom stereocenters. The molecule has 0 aliphatic rings. The van der Waals surface area contributed by atoms with Gasteiger partial charge in [0.2, 0.25) is 0 Å². The molecule has 0 rings (SSSR count). The summed E-state index contributed by atoms with van der Waals surface area (Å²) in [4.78, 5) is 0. The van der Waals surface area contributed by atoms with Crippen molar-refractivity contribution in [1.82, 2.24) is 0 Å². The van der Waals surface area contributed by atoms with Gasteiger partial charge in [-0.05, 0) is 26.2 Å². The van der Waals surface area contributed by atoms with Gasteiger partial charge < -0.3 is 0 Å². The van der Waals surface area contributed by atoms with Crippen molar-refractivity contribution >= 4 is 0 Å². The van der Waals surface area contributed by atoms with Gasteiger partial charge >= 0.3 is 0 Å². The number of allylic oxidation sites excluding steroid dienone is 3. The van der Waals surface area contributed by atoms with Crippen LogP contribution < -0.4 is 0 Å². The highest BCUT2D eigenvalue weighted by Crippen LogP contribution is 2.11. The first-order valence-corrected chi connectivity index (χ1v) is 4.45. The molecule has 0 amide bonds. The molecule has 0 N–H and O–H groups in total. The minimum atomic E-state index is 0.640. The van der Waals surface area contributed by atoms with Gasteiger partial charge in [0, 0.05) is 0 Å². The van der Waals surface area contributed by atoms with E-state index in [4.69, 9.17) is 0 Å². The zero-order valence-corrected chi connectivity index (χ0v) is 8.65. The Labute approximate surface area is 72.0 Å². The van der Waals surface area contributed by atoms with E-state index in [-0.39, 0.29) is 0 Å². The standard InChI is InChI=1S/C9H16.C2H6/c1-5-6-7-9(4)8(2)3;1-2/h5-6,9H,2,7H2,1,3-4H3;1-2H3/b6-5-;. The largest absolute Gasteiger partial charge is 0.0999 e. The van der Waals surface area contributed by atoms with Crippen molar-refractivity contribution in [2.75, 3.05) is 0 Å². The second-order valence-electron chi connectivity index (χ2n) is 2.55. The topological polar surface area (TPSA) is 0 Å². The maximum atomic E-state index is 3.87. The summed E-state index contributed by atoms with van der Waals surface area (Å²) in [6.07, 6.45) is 5.39. The molecule has 0 aromatic carbocycles. The third-order valence-corrected chi connectivity index (χ3v) is 1.57. The molecule has 0 aliphatic carbocycles. The first kappa shape index (κ1) is 13.1. The van der Waals surface area contributed by atoms with E-state index < -0.39 is 0 Å². The Hall–Kier alpha value is -0.520. The van der Waals surface area contributed by atoms with Gasteiger partial charge in [0.15, 0.2) is 0 Å². The van der Waals surface area contributed by atoms with Gasteiger partial charge in [-0.15, -0.1) is 0 Å². The molecular formula is C11H22. The van der Waals surface area contributed by atoms with E-state index in [1.807, 2.05) is 20.8 Å². The lowest BCUT2D eigenvalue weighted by molar-refractivity contribution is 0.697. The minimum absolute atomic E-state index is 0.640. The van der Waals surface area contributed by atoms with Crippen LogP contribution in [0.4, 0.5) is 0 Å². The lowest BCUT2D eigenvalue weighted by Crippen LogP contribution is -1.91. The van der Waals surface area contributed by atoms with Crippen molar-refractivity contribution in [3.05, 3.63) is 24.3 Å². The molecule has 0 radical (unpaired) electrons. The maximum Gasteiger partial charge on any atom is -0.0203 e. The van der Waals surface area contributed by atoms with Crippen LogP contribution in [0, 0.1) is 5.92 Å². The van der Waals surface area contributed by atoms with E-state index >= 15 is 0 Å². The molecule has 0 nitrogen and oxygen atoms in total. The monoisotopic (exact) mass is 154 g/mol. The average molecular weight is 154 g/mol. The molecule has 66 valence electrons. The zero-order chi connectivity index (χ0) is 9.28. The molecule has 0 bridgehead atoms. The lowest BCUT2D eigenvalue weighted by atomic mass is 10.0. The number of hydrogen-bond acceptors (Lipinski definition) is 0. The number of rotatable bonds is 3. The smallest absolute Gasteiger partial charge is 0.0203 e. The summed E-state index contributed by atoms with van der Waals surface area (Å²) in [5, 5.41) is 0. The van der Waals surface area contributed by atoms with Gasteiger partial charge in [-0.25, -0.2) is 0 Å². The molecule has 0 heteroatoms. The fourth-order valence-electron chi connectivity index (χ4n) is 0.541. The Morgan fingerprint density at radius 2 is 1.91 bits per heavy atom. The number of hydrogen-bond donors (Lipinski definition) is 0. The van der Waals surface area contributed by atoms with Gasteiger partial charge in [-0.3, -0.25) is 0 Å². The second-order valence-corrected chi connectivity index (χ2v) is 2.55. The van der Waals surface area contributed by atoms with Crippen LogP contribution in [-0.4, -0.2) is 0 Å². The van der Waals surface area contributed by atoms with Crippen molar-refractivity contribution in [3.8, 4) is 0 Å². The highest BCUT2D eigenvalue weighted by molar-refractivity contribution is 4.97. The quantitative estimate of drug-likeness (QED) is 0.535. The summed E-state index contributed by atoms with van der Waals surface area (Å²) in [6, 6.07) is 0. The SMILES string of the molecule is C=C(C)C(C)C/C=C\C.CC. The van der Waals surface area contributed by atoms with Gasteiger partial charge in [0.25, 0.3) is 0 Å². The van der Waals surface area contributed by atoms with Crippen LogP contribution in [0.3, 0.4) is 0 Å². The van der Waals surface area contributed by atoms with Crippen LogP contribution in [-0.2, 0) is 0 Å². The minimum Gasteiger partial charge on any atom is -0.0999 e. The van der Waals surface area contributed by atoms with Crippen LogP contribution in [0.15, 0.2) is 24.3 Å². The molecule has 0 aliphatic heterocycles. The van der Waals surface area contributed by atoms with Crippen LogP contribution in [0.25, 0.3) is 0 Å². The van der Waals surface area contributed by atoms with Gasteiger partial charge in [-0.2, -0.15) is 0 Å². The molecule has 0 fully saturated rings. The first-order valence-electron chi connectivity index (χ1n) is 4.45. The zero-order valence-electron chi connectivity index (χ0n) is 8.65. The molecule has 0 saturated carbocycles. The molecule has 0 aromatic rings.